The second-order valence-electron chi connectivity index (χ2n) is 4.30. The molecule has 0 spiro atoms. The van der Waals surface area contributed by atoms with Gasteiger partial charge in [0.2, 0.25) is 0 Å². The van der Waals surface area contributed by atoms with Crippen molar-refractivity contribution >= 4 is 27.1 Å². The quantitative estimate of drug-likeness (QED) is 0.700. The van der Waals surface area contributed by atoms with Gasteiger partial charge >= 0.3 is 0 Å². The van der Waals surface area contributed by atoms with Gasteiger partial charge in [-0.3, -0.25) is 4.40 Å². The predicted molar refractivity (Wildman–Crippen MR) is 63.6 cm³/mol. The minimum absolute atomic E-state index is 0.568. The standard InChI is InChI=1S/C11H11N3OS/c1-11(2,15)10-13-12-6-7-5-9-8(14(7)10)3-4-16-9/h3-6,15H,1-2H3. The third kappa shape index (κ3) is 1.25. The summed E-state index contributed by atoms with van der Waals surface area (Å²) in [5.41, 5.74) is 1.04. The predicted octanol–water partition coefficient (Wildman–Crippen LogP) is 2.17. The Bertz CT molecular complexity index is 663. The lowest BCUT2D eigenvalue weighted by molar-refractivity contribution is 0.0666. The summed E-state index contributed by atoms with van der Waals surface area (Å²) in [6, 6.07) is 4.09. The van der Waals surface area contributed by atoms with Crippen LogP contribution in [0.5, 0.6) is 0 Å². The molecule has 0 aromatic carbocycles. The number of thiophene rings is 1. The minimum atomic E-state index is -1.000. The number of rotatable bonds is 1. The summed E-state index contributed by atoms with van der Waals surface area (Å²) in [6.45, 7) is 3.43. The number of nitrogens with zero attached hydrogens (tertiary/aromatic N) is 3. The van der Waals surface area contributed by atoms with E-state index in [2.05, 4.69) is 16.3 Å². The molecule has 0 radical (unpaired) electrons. The molecule has 0 saturated carbocycles. The normalized spacial score (nSPS) is 12.7. The average Bonchev–Trinajstić information content (AvgIpc) is 2.73. The van der Waals surface area contributed by atoms with Gasteiger partial charge in [0, 0.05) is 0 Å². The lowest BCUT2D eigenvalue weighted by Crippen LogP contribution is -2.22. The first kappa shape index (κ1) is 9.74. The van der Waals surface area contributed by atoms with E-state index in [1.54, 1.807) is 31.4 Å². The summed E-state index contributed by atoms with van der Waals surface area (Å²) >= 11 is 1.67. The van der Waals surface area contributed by atoms with Crippen LogP contribution in [0.3, 0.4) is 0 Å². The number of fused-ring (bicyclic) bond motifs is 3. The largest absolute Gasteiger partial charge is 0.382 e. The first-order chi connectivity index (χ1) is 7.57. The van der Waals surface area contributed by atoms with E-state index in [1.807, 2.05) is 15.8 Å². The van der Waals surface area contributed by atoms with Crippen LogP contribution in [-0.4, -0.2) is 19.7 Å². The van der Waals surface area contributed by atoms with Gasteiger partial charge < -0.3 is 5.11 Å². The van der Waals surface area contributed by atoms with E-state index in [9.17, 15) is 5.11 Å². The van der Waals surface area contributed by atoms with Crippen LogP contribution in [-0.2, 0) is 5.60 Å². The second-order valence-corrected chi connectivity index (χ2v) is 5.25. The Labute approximate surface area is 96.2 Å². The van der Waals surface area contributed by atoms with Gasteiger partial charge in [0.1, 0.15) is 5.60 Å². The zero-order chi connectivity index (χ0) is 11.3. The van der Waals surface area contributed by atoms with E-state index in [0.29, 0.717) is 5.82 Å². The third-order valence-electron chi connectivity index (χ3n) is 2.55. The van der Waals surface area contributed by atoms with E-state index in [0.717, 1.165) is 11.0 Å². The van der Waals surface area contributed by atoms with E-state index >= 15 is 0 Å². The molecule has 0 atom stereocenters. The maximum Gasteiger partial charge on any atom is 0.168 e. The maximum absolute atomic E-state index is 10.1. The Kier molecular flexibility index (Phi) is 1.84. The van der Waals surface area contributed by atoms with Gasteiger partial charge in [-0.2, -0.15) is 5.10 Å². The van der Waals surface area contributed by atoms with Crippen LogP contribution in [0, 0.1) is 0 Å². The van der Waals surface area contributed by atoms with Crippen molar-refractivity contribution in [3.63, 3.8) is 0 Å². The number of hydrogen-bond acceptors (Lipinski definition) is 4. The average molecular weight is 233 g/mol. The molecule has 0 saturated heterocycles. The van der Waals surface area contributed by atoms with Crippen molar-refractivity contribution in [3.05, 3.63) is 29.5 Å². The highest BCUT2D eigenvalue weighted by Crippen LogP contribution is 2.28. The Morgan fingerprint density at radius 3 is 3.00 bits per heavy atom. The van der Waals surface area contributed by atoms with Crippen LogP contribution < -0.4 is 0 Å². The summed E-state index contributed by atoms with van der Waals surface area (Å²) in [7, 11) is 0. The molecular formula is C11H11N3OS. The van der Waals surface area contributed by atoms with Crippen molar-refractivity contribution < 1.29 is 5.11 Å². The lowest BCUT2D eigenvalue weighted by Gasteiger charge is -2.17. The fourth-order valence-electron chi connectivity index (χ4n) is 1.86. The van der Waals surface area contributed by atoms with Crippen LogP contribution >= 0.6 is 11.3 Å². The van der Waals surface area contributed by atoms with Gasteiger partial charge in [-0.15, -0.1) is 16.4 Å². The van der Waals surface area contributed by atoms with Gasteiger partial charge in [0.25, 0.3) is 0 Å². The van der Waals surface area contributed by atoms with Crippen LogP contribution in [0.15, 0.2) is 23.7 Å². The zero-order valence-electron chi connectivity index (χ0n) is 9.01. The molecule has 0 aliphatic heterocycles. The van der Waals surface area contributed by atoms with Gasteiger partial charge in [-0.05, 0) is 31.4 Å². The number of aromatic nitrogens is 3. The van der Waals surface area contributed by atoms with Crippen LogP contribution in [0.1, 0.15) is 19.7 Å². The monoisotopic (exact) mass is 233 g/mol. The van der Waals surface area contributed by atoms with Crippen molar-refractivity contribution in [2.45, 2.75) is 19.4 Å². The van der Waals surface area contributed by atoms with Crippen molar-refractivity contribution in [1.82, 2.24) is 14.6 Å². The summed E-state index contributed by atoms with van der Waals surface area (Å²) in [4.78, 5) is 0. The molecule has 82 valence electrons. The summed E-state index contributed by atoms with van der Waals surface area (Å²) in [5, 5.41) is 20.1. The van der Waals surface area contributed by atoms with E-state index in [4.69, 9.17) is 0 Å². The zero-order valence-corrected chi connectivity index (χ0v) is 9.82. The van der Waals surface area contributed by atoms with Gasteiger partial charge in [0.15, 0.2) is 5.82 Å². The van der Waals surface area contributed by atoms with Crippen molar-refractivity contribution in [3.8, 4) is 0 Å². The fraction of sp³-hybridized carbons (Fsp3) is 0.273. The van der Waals surface area contributed by atoms with Crippen LogP contribution in [0.25, 0.3) is 15.7 Å². The smallest absolute Gasteiger partial charge is 0.168 e. The van der Waals surface area contributed by atoms with Crippen LogP contribution in [0.2, 0.25) is 0 Å². The summed E-state index contributed by atoms with van der Waals surface area (Å²) in [5.74, 6) is 0.568. The topological polar surface area (TPSA) is 50.4 Å². The second kappa shape index (κ2) is 3.02. The molecule has 0 amide bonds. The molecule has 5 heteroatoms. The van der Waals surface area contributed by atoms with Gasteiger partial charge in [-0.25, -0.2) is 0 Å². The van der Waals surface area contributed by atoms with Gasteiger partial charge in [0.05, 0.1) is 21.9 Å². The fourth-order valence-corrected chi connectivity index (χ4v) is 2.67. The Morgan fingerprint density at radius 2 is 2.25 bits per heavy atom. The Balaban J connectivity index is 2.52. The first-order valence-electron chi connectivity index (χ1n) is 5.00. The number of aliphatic hydroxyl groups is 1. The van der Waals surface area contributed by atoms with Gasteiger partial charge in [-0.1, -0.05) is 0 Å². The number of hydrogen-bond donors (Lipinski definition) is 1. The summed E-state index contributed by atoms with van der Waals surface area (Å²) < 4.78 is 3.14. The molecule has 0 aliphatic carbocycles. The van der Waals surface area contributed by atoms with Crippen molar-refractivity contribution in [1.29, 1.82) is 0 Å². The molecule has 1 N–H and O–H groups in total. The molecule has 0 bridgehead atoms. The highest BCUT2D eigenvalue weighted by molar-refractivity contribution is 7.17. The first-order valence-corrected chi connectivity index (χ1v) is 5.88. The van der Waals surface area contributed by atoms with Crippen LogP contribution in [0.4, 0.5) is 0 Å². The maximum atomic E-state index is 10.1. The molecule has 3 rings (SSSR count). The Morgan fingerprint density at radius 1 is 1.44 bits per heavy atom. The molecule has 0 unspecified atom stereocenters. The van der Waals surface area contributed by atoms with Crippen molar-refractivity contribution in [2.24, 2.45) is 0 Å². The highest BCUT2D eigenvalue weighted by atomic mass is 32.1. The minimum Gasteiger partial charge on any atom is -0.382 e. The lowest BCUT2D eigenvalue weighted by atomic mass is 10.1. The molecule has 3 aromatic rings. The van der Waals surface area contributed by atoms with Crippen molar-refractivity contribution in [2.75, 3.05) is 0 Å². The molecule has 3 heterocycles. The molecular weight excluding hydrogens is 222 g/mol. The third-order valence-corrected chi connectivity index (χ3v) is 3.41. The molecule has 0 aliphatic rings. The highest BCUT2D eigenvalue weighted by Gasteiger charge is 2.23. The molecule has 3 aromatic heterocycles. The van der Waals surface area contributed by atoms with E-state index in [1.165, 1.54) is 4.70 Å². The Hall–Kier alpha value is -1.46. The molecule has 16 heavy (non-hydrogen) atoms. The molecule has 0 fully saturated rings. The SMILES string of the molecule is CC(C)(O)c1nncc2cc3sccc3n12. The van der Waals surface area contributed by atoms with E-state index < -0.39 is 5.60 Å². The summed E-state index contributed by atoms with van der Waals surface area (Å²) in [6.07, 6.45) is 1.71. The molecule has 4 nitrogen and oxygen atoms in total. The van der Waals surface area contributed by atoms with E-state index in [-0.39, 0.29) is 0 Å².